The molecule has 0 aromatic rings. The van der Waals surface area contributed by atoms with E-state index in [0.717, 1.165) is 6.26 Å². The molecule has 5 heteroatoms. The van der Waals surface area contributed by atoms with Crippen molar-refractivity contribution in [3.8, 4) is 0 Å². The van der Waals surface area contributed by atoms with Gasteiger partial charge in [-0.2, -0.15) is 0 Å². The van der Waals surface area contributed by atoms with E-state index >= 15 is 0 Å². The summed E-state index contributed by atoms with van der Waals surface area (Å²) in [6.07, 6.45) is 0.962. The van der Waals surface area contributed by atoms with Crippen molar-refractivity contribution in [3.05, 3.63) is 0 Å². The number of halogens is 1. The van der Waals surface area contributed by atoms with E-state index in [2.05, 4.69) is 0 Å². The lowest BCUT2D eigenvalue weighted by Gasteiger charge is -2.26. The van der Waals surface area contributed by atoms with Gasteiger partial charge in [0.15, 0.2) is 15.6 Å². The SMILES string of the molecule is CC(C)(C)C(=O)C(C)(Cl)S(C)(=O)=O. The molecule has 0 heterocycles. The van der Waals surface area contributed by atoms with Gasteiger partial charge in [-0.25, -0.2) is 8.42 Å². The molecule has 78 valence electrons. The predicted octanol–water partition coefficient (Wildman–Crippen LogP) is 1.60. The standard InChI is InChI=1S/C8H15ClO3S/c1-7(2,3)6(10)8(4,9)13(5,11)12/h1-5H3. The molecule has 0 aromatic carbocycles. The molecule has 0 spiro atoms. The number of sulfone groups is 1. The van der Waals surface area contributed by atoms with Gasteiger partial charge >= 0.3 is 0 Å². The fourth-order valence-electron chi connectivity index (χ4n) is 0.838. The van der Waals surface area contributed by atoms with Crippen LogP contribution in [0.3, 0.4) is 0 Å². The number of rotatable bonds is 2. The second-order valence-corrected chi connectivity index (χ2v) is 7.61. The third-order valence-corrected chi connectivity index (χ3v) is 4.37. The van der Waals surface area contributed by atoms with Crippen molar-refractivity contribution in [3.63, 3.8) is 0 Å². The van der Waals surface area contributed by atoms with Gasteiger partial charge in [-0.15, -0.1) is 0 Å². The molecule has 0 rings (SSSR count). The molecule has 3 nitrogen and oxygen atoms in total. The molecular weight excluding hydrogens is 212 g/mol. The molecule has 0 radical (unpaired) electrons. The van der Waals surface area contributed by atoms with E-state index in [-0.39, 0.29) is 0 Å². The van der Waals surface area contributed by atoms with Gasteiger partial charge in [0.2, 0.25) is 4.21 Å². The minimum absolute atomic E-state index is 0.482. The number of Topliss-reactive ketones (excluding diaryl/α,β-unsaturated/α-hetero) is 1. The molecule has 0 saturated carbocycles. The minimum atomic E-state index is -3.57. The Morgan fingerprint density at radius 2 is 1.46 bits per heavy atom. The van der Waals surface area contributed by atoms with Crippen molar-refractivity contribution in [2.75, 3.05) is 6.26 Å². The molecule has 0 bridgehead atoms. The van der Waals surface area contributed by atoms with Crippen LogP contribution in [0.4, 0.5) is 0 Å². The number of carbonyl (C=O) groups excluding carboxylic acids is 1. The predicted molar refractivity (Wildman–Crippen MR) is 53.6 cm³/mol. The Balaban J connectivity index is 5.23. The van der Waals surface area contributed by atoms with E-state index in [4.69, 9.17) is 11.6 Å². The Bertz CT molecular complexity index is 309. The largest absolute Gasteiger partial charge is 0.296 e. The summed E-state index contributed by atoms with van der Waals surface area (Å²) in [4.78, 5) is 11.6. The fourth-order valence-corrected chi connectivity index (χ4v) is 1.76. The first-order valence-electron chi connectivity index (χ1n) is 3.84. The monoisotopic (exact) mass is 226 g/mol. The first-order chi connectivity index (χ1) is 5.40. The van der Waals surface area contributed by atoms with Gasteiger partial charge in [-0.05, 0) is 6.92 Å². The second-order valence-electron chi connectivity index (χ2n) is 4.27. The topological polar surface area (TPSA) is 51.2 Å². The van der Waals surface area contributed by atoms with Gasteiger partial charge < -0.3 is 0 Å². The Morgan fingerprint density at radius 1 is 1.15 bits per heavy atom. The van der Waals surface area contributed by atoms with E-state index in [1.54, 1.807) is 20.8 Å². The van der Waals surface area contributed by atoms with Crippen LogP contribution >= 0.6 is 11.6 Å². The highest BCUT2D eigenvalue weighted by atomic mass is 35.5. The van der Waals surface area contributed by atoms with Gasteiger partial charge in [0, 0.05) is 11.7 Å². The van der Waals surface area contributed by atoms with Gasteiger partial charge in [0.05, 0.1) is 0 Å². The van der Waals surface area contributed by atoms with Crippen LogP contribution in [-0.4, -0.2) is 24.7 Å². The summed E-state index contributed by atoms with van der Waals surface area (Å²) in [5.41, 5.74) is -0.750. The maximum absolute atomic E-state index is 11.6. The molecule has 0 aromatic heterocycles. The Kier molecular flexibility index (Phi) is 3.22. The number of hydrogen-bond acceptors (Lipinski definition) is 3. The molecule has 0 N–H and O–H groups in total. The molecule has 0 saturated heterocycles. The number of alkyl halides is 1. The summed E-state index contributed by atoms with van der Waals surface area (Å²) in [6.45, 7) is 6.14. The molecule has 13 heavy (non-hydrogen) atoms. The van der Waals surface area contributed by atoms with Gasteiger partial charge in [-0.1, -0.05) is 32.4 Å². The second kappa shape index (κ2) is 3.24. The van der Waals surface area contributed by atoms with Crippen molar-refractivity contribution in [2.24, 2.45) is 5.41 Å². The van der Waals surface area contributed by atoms with Crippen LogP contribution in [0.5, 0.6) is 0 Å². The van der Waals surface area contributed by atoms with E-state index in [9.17, 15) is 13.2 Å². The van der Waals surface area contributed by atoms with Crippen LogP contribution in [0.1, 0.15) is 27.7 Å². The van der Waals surface area contributed by atoms with Gasteiger partial charge in [0.1, 0.15) is 0 Å². The van der Waals surface area contributed by atoms with Crippen LogP contribution in [0.2, 0.25) is 0 Å². The molecule has 0 fully saturated rings. The van der Waals surface area contributed by atoms with Crippen molar-refractivity contribution < 1.29 is 13.2 Å². The van der Waals surface area contributed by atoms with Crippen LogP contribution < -0.4 is 0 Å². The fraction of sp³-hybridized carbons (Fsp3) is 0.875. The summed E-state index contributed by atoms with van der Waals surface area (Å²) in [7, 11) is -3.57. The van der Waals surface area contributed by atoms with Crippen molar-refractivity contribution in [1.82, 2.24) is 0 Å². The smallest absolute Gasteiger partial charge is 0.200 e. The lowest BCUT2D eigenvalue weighted by Crippen LogP contribution is -2.44. The van der Waals surface area contributed by atoms with Gasteiger partial charge in [0.25, 0.3) is 0 Å². The lowest BCUT2D eigenvalue weighted by atomic mass is 9.89. The lowest BCUT2D eigenvalue weighted by molar-refractivity contribution is -0.126. The summed E-state index contributed by atoms with van der Waals surface area (Å²) in [5.74, 6) is -0.482. The minimum Gasteiger partial charge on any atom is -0.296 e. The summed E-state index contributed by atoms with van der Waals surface area (Å²) in [6, 6.07) is 0. The number of ketones is 1. The average Bonchev–Trinajstić information content (AvgIpc) is 1.81. The Hall–Kier alpha value is -0.0900. The van der Waals surface area contributed by atoms with Crippen LogP contribution in [-0.2, 0) is 14.6 Å². The normalized spacial score (nSPS) is 18.0. The first kappa shape index (κ1) is 12.9. The van der Waals surface area contributed by atoms with E-state index in [1.807, 2.05) is 0 Å². The quantitative estimate of drug-likeness (QED) is 0.672. The Labute approximate surface area is 84.4 Å². The molecule has 1 atom stereocenters. The summed E-state index contributed by atoms with van der Waals surface area (Å²) >= 11 is 5.71. The van der Waals surface area contributed by atoms with E-state index < -0.39 is 25.2 Å². The van der Waals surface area contributed by atoms with Crippen molar-refractivity contribution in [2.45, 2.75) is 31.9 Å². The maximum atomic E-state index is 11.6. The highest BCUT2D eigenvalue weighted by Gasteiger charge is 2.46. The van der Waals surface area contributed by atoms with Gasteiger partial charge in [-0.3, -0.25) is 4.79 Å². The molecule has 0 aliphatic rings. The van der Waals surface area contributed by atoms with E-state index in [0.29, 0.717) is 0 Å². The van der Waals surface area contributed by atoms with E-state index in [1.165, 1.54) is 6.92 Å². The highest BCUT2D eigenvalue weighted by Crippen LogP contribution is 2.31. The summed E-state index contributed by atoms with van der Waals surface area (Å²) < 4.78 is 20.6. The number of hydrogen-bond donors (Lipinski definition) is 0. The molecule has 1 unspecified atom stereocenters. The van der Waals surface area contributed by atoms with Crippen molar-refractivity contribution in [1.29, 1.82) is 0 Å². The average molecular weight is 227 g/mol. The first-order valence-corrected chi connectivity index (χ1v) is 6.11. The molecule has 0 amide bonds. The third-order valence-electron chi connectivity index (χ3n) is 1.78. The maximum Gasteiger partial charge on any atom is 0.200 e. The van der Waals surface area contributed by atoms with Crippen molar-refractivity contribution >= 4 is 27.2 Å². The molecular formula is C8H15ClO3S. The zero-order valence-electron chi connectivity index (χ0n) is 8.51. The van der Waals surface area contributed by atoms with Crippen LogP contribution in [0.25, 0.3) is 0 Å². The zero-order valence-corrected chi connectivity index (χ0v) is 10.1. The van der Waals surface area contributed by atoms with Crippen LogP contribution in [0, 0.1) is 5.41 Å². The molecule has 0 aliphatic heterocycles. The third kappa shape index (κ3) is 2.68. The molecule has 0 aliphatic carbocycles. The highest BCUT2D eigenvalue weighted by molar-refractivity contribution is 7.94. The zero-order chi connectivity index (χ0) is 11.1. The van der Waals surface area contributed by atoms with Crippen LogP contribution in [0.15, 0.2) is 0 Å². The summed E-state index contributed by atoms with van der Waals surface area (Å²) in [5, 5.41) is 0. The Morgan fingerprint density at radius 3 is 1.54 bits per heavy atom. The number of carbonyl (C=O) groups is 1.